The molecular weight excluding hydrogens is 556 g/mol. The van der Waals surface area contributed by atoms with Gasteiger partial charge in [-0.2, -0.15) is 0 Å². The van der Waals surface area contributed by atoms with Gasteiger partial charge in [0, 0.05) is 45.6 Å². The lowest BCUT2D eigenvalue weighted by molar-refractivity contribution is -0.123. The van der Waals surface area contributed by atoms with E-state index in [1.54, 1.807) is 31.2 Å². The van der Waals surface area contributed by atoms with Crippen molar-refractivity contribution >= 4 is 40.4 Å². The molecule has 44 heavy (non-hydrogen) atoms. The molecule has 8 heteroatoms. The SMILES string of the molecule is COc1ccc(C2C3=CCC4C(=O)N(c5ccc(Nc6ccccc6)cc5)C(=O)C4C3CC3=C2C(=O)C(C)=CC3=O)c(O)c1. The Hall–Kier alpha value is -5.24. The zero-order chi connectivity index (χ0) is 30.7. The monoisotopic (exact) mass is 586 g/mol. The first-order valence-corrected chi connectivity index (χ1v) is 14.6. The van der Waals surface area contributed by atoms with E-state index in [2.05, 4.69) is 5.32 Å². The number of phenols is 1. The average molecular weight is 587 g/mol. The molecule has 0 aromatic heterocycles. The van der Waals surface area contributed by atoms with Gasteiger partial charge in [-0.05, 0) is 74.2 Å². The van der Waals surface area contributed by atoms with Gasteiger partial charge < -0.3 is 15.2 Å². The van der Waals surface area contributed by atoms with E-state index in [-0.39, 0.29) is 35.6 Å². The molecule has 0 spiro atoms. The van der Waals surface area contributed by atoms with Crippen LogP contribution in [0.5, 0.6) is 11.5 Å². The lowest BCUT2D eigenvalue weighted by atomic mass is 9.59. The van der Waals surface area contributed by atoms with Gasteiger partial charge in [-0.25, -0.2) is 0 Å². The number of phenolic OH excluding ortho intramolecular Hbond substituents is 1. The predicted molar refractivity (Wildman–Crippen MR) is 165 cm³/mol. The number of allylic oxidation sites excluding steroid dienone is 6. The number of anilines is 3. The molecule has 2 amide bonds. The second kappa shape index (κ2) is 10.5. The molecule has 1 saturated heterocycles. The number of imide groups is 1. The number of Topliss-reactive ketones (excluding diaryl/α,β-unsaturated/α-hetero) is 1. The number of benzene rings is 3. The molecule has 1 heterocycles. The van der Waals surface area contributed by atoms with Crippen molar-refractivity contribution in [1.82, 2.24) is 0 Å². The van der Waals surface area contributed by atoms with Crippen LogP contribution in [-0.4, -0.2) is 35.6 Å². The maximum absolute atomic E-state index is 14.1. The number of carbonyl (C=O) groups is 4. The molecule has 0 bridgehead atoms. The summed E-state index contributed by atoms with van der Waals surface area (Å²) in [6, 6.07) is 21.7. The number of hydrogen-bond donors (Lipinski definition) is 2. The minimum Gasteiger partial charge on any atom is -0.507 e. The van der Waals surface area contributed by atoms with Crippen LogP contribution in [0.2, 0.25) is 0 Å². The molecule has 7 rings (SSSR count). The fraction of sp³-hybridized carbons (Fsp3) is 0.222. The maximum atomic E-state index is 14.1. The van der Waals surface area contributed by atoms with Crippen LogP contribution < -0.4 is 15.0 Å². The first kappa shape index (κ1) is 27.6. The van der Waals surface area contributed by atoms with Crippen molar-refractivity contribution in [2.45, 2.75) is 25.7 Å². The van der Waals surface area contributed by atoms with Gasteiger partial charge in [-0.15, -0.1) is 0 Å². The van der Waals surface area contributed by atoms with Crippen molar-refractivity contribution in [3.8, 4) is 11.5 Å². The number of fused-ring (bicyclic) bond motifs is 3. The number of ether oxygens (including phenoxy) is 1. The first-order valence-electron chi connectivity index (χ1n) is 14.6. The van der Waals surface area contributed by atoms with Crippen LogP contribution in [0.1, 0.15) is 31.2 Å². The molecule has 1 aliphatic heterocycles. The summed E-state index contributed by atoms with van der Waals surface area (Å²) in [7, 11) is 1.49. The number of ketones is 2. The molecule has 4 aliphatic rings. The van der Waals surface area contributed by atoms with Gasteiger partial charge in [0.1, 0.15) is 11.5 Å². The van der Waals surface area contributed by atoms with Gasteiger partial charge >= 0.3 is 0 Å². The van der Waals surface area contributed by atoms with Gasteiger partial charge in [0.25, 0.3) is 0 Å². The summed E-state index contributed by atoms with van der Waals surface area (Å²) in [4.78, 5) is 56.1. The highest BCUT2D eigenvalue weighted by Gasteiger charge is 2.56. The zero-order valence-corrected chi connectivity index (χ0v) is 24.2. The number of methoxy groups -OCH3 is 1. The van der Waals surface area contributed by atoms with E-state index in [0.29, 0.717) is 40.1 Å². The summed E-state index contributed by atoms with van der Waals surface area (Å²) in [5.74, 6) is -3.23. The van der Waals surface area contributed by atoms with E-state index in [4.69, 9.17) is 4.74 Å². The number of nitrogens with zero attached hydrogens (tertiary/aromatic N) is 1. The number of rotatable bonds is 5. The van der Waals surface area contributed by atoms with Gasteiger partial charge in [-0.3, -0.25) is 24.1 Å². The second-order valence-electron chi connectivity index (χ2n) is 11.7. The fourth-order valence-electron chi connectivity index (χ4n) is 7.25. The van der Waals surface area contributed by atoms with Gasteiger partial charge in [0.15, 0.2) is 11.6 Å². The Morgan fingerprint density at radius 2 is 1.61 bits per heavy atom. The van der Waals surface area contributed by atoms with Crippen LogP contribution in [0.15, 0.2) is 107 Å². The first-order chi connectivity index (χ1) is 21.3. The van der Waals surface area contributed by atoms with Crippen LogP contribution in [0, 0.1) is 17.8 Å². The third-order valence-electron chi connectivity index (χ3n) is 9.30. The molecule has 8 nitrogen and oxygen atoms in total. The fourth-order valence-corrected chi connectivity index (χ4v) is 7.25. The normalized spacial score (nSPS) is 24.4. The molecule has 0 saturated carbocycles. The third kappa shape index (κ3) is 4.28. The van der Waals surface area contributed by atoms with Crippen molar-refractivity contribution in [2.75, 3.05) is 17.3 Å². The molecule has 220 valence electrons. The van der Waals surface area contributed by atoms with Crippen molar-refractivity contribution in [2.24, 2.45) is 17.8 Å². The molecule has 3 aliphatic carbocycles. The lowest BCUT2D eigenvalue weighted by Crippen LogP contribution is -2.39. The lowest BCUT2D eigenvalue weighted by Gasteiger charge is -2.42. The summed E-state index contributed by atoms with van der Waals surface area (Å²) >= 11 is 0. The third-order valence-corrected chi connectivity index (χ3v) is 9.30. The Bertz CT molecular complexity index is 1840. The second-order valence-corrected chi connectivity index (χ2v) is 11.7. The number of carbonyl (C=O) groups excluding carboxylic acids is 4. The molecule has 3 aromatic carbocycles. The zero-order valence-electron chi connectivity index (χ0n) is 24.2. The largest absolute Gasteiger partial charge is 0.507 e. The summed E-state index contributed by atoms with van der Waals surface area (Å²) in [6.07, 6.45) is 3.78. The molecule has 4 atom stereocenters. The Balaban J connectivity index is 1.26. The van der Waals surface area contributed by atoms with Crippen LogP contribution in [0.3, 0.4) is 0 Å². The van der Waals surface area contributed by atoms with Crippen LogP contribution in [0.4, 0.5) is 17.1 Å². The molecule has 2 N–H and O–H groups in total. The highest BCUT2D eigenvalue weighted by atomic mass is 16.5. The van der Waals surface area contributed by atoms with Gasteiger partial charge in [0.2, 0.25) is 11.8 Å². The standard InChI is InChI=1S/C36H30N2O6/c1-19-16-29(39)28-18-27-24(31(33(28)34(19)41)25-13-12-23(44-2)17-30(25)40)14-15-26-32(27)36(43)38(35(26)42)22-10-8-21(9-11-22)37-20-6-4-3-5-7-20/h3-14,16-17,26-27,31-32,37,40H,15,18H2,1-2H3. The van der Waals surface area contributed by atoms with E-state index in [9.17, 15) is 24.3 Å². The van der Waals surface area contributed by atoms with Gasteiger partial charge in [-0.1, -0.05) is 35.9 Å². The maximum Gasteiger partial charge on any atom is 0.238 e. The molecular formula is C36H30N2O6. The van der Waals surface area contributed by atoms with Crippen molar-refractivity contribution in [1.29, 1.82) is 0 Å². The van der Waals surface area contributed by atoms with E-state index in [0.717, 1.165) is 16.9 Å². The Morgan fingerprint density at radius 3 is 2.32 bits per heavy atom. The summed E-state index contributed by atoms with van der Waals surface area (Å²) in [5, 5.41) is 14.4. The molecule has 3 aromatic rings. The number of aromatic hydroxyl groups is 1. The number of amides is 2. The van der Waals surface area contributed by atoms with Crippen molar-refractivity contribution in [3.05, 3.63) is 113 Å². The minimum absolute atomic E-state index is 0.0722. The Labute approximate surface area is 254 Å². The molecule has 4 unspecified atom stereocenters. The average Bonchev–Trinajstić information content (AvgIpc) is 3.29. The Morgan fingerprint density at radius 1 is 0.886 bits per heavy atom. The highest BCUT2D eigenvalue weighted by molar-refractivity contribution is 6.25. The summed E-state index contributed by atoms with van der Waals surface area (Å²) in [5.41, 5.74) is 4.48. The molecule has 0 radical (unpaired) electrons. The number of hydrogen-bond acceptors (Lipinski definition) is 7. The summed E-state index contributed by atoms with van der Waals surface area (Å²) in [6.45, 7) is 1.62. The highest BCUT2D eigenvalue weighted by Crippen LogP contribution is 2.56. The van der Waals surface area contributed by atoms with E-state index >= 15 is 0 Å². The topological polar surface area (TPSA) is 113 Å². The van der Waals surface area contributed by atoms with Crippen molar-refractivity contribution in [3.63, 3.8) is 0 Å². The summed E-state index contributed by atoms with van der Waals surface area (Å²) < 4.78 is 5.27. The van der Waals surface area contributed by atoms with Gasteiger partial charge in [0.05, 0.1) is 24.6 Å². The smallest absolute Gasteiger partial charge is 0.238 e. The Kier molecular flexibility index (Phi) is 6.57. The predicted octanol–water partition coefficient (Wildman–Crippen LogP) is 5.78. The number of nitrogens with one attached hydrogen (secondary N) is 1. The van der Waals surface area contributed by atoms with Crippen LogP contribution >= 0.6 is 0 Å². The number of para-hydroxylation sites is 1. The van der Waals surface area contributed by atoms with E-state index < -0.39 is 23.7 Å². The quantitative estimate of drug-likeness (QED) is 0.221. The van der Waals surface area contributed by atoms with Crippen LogP contribution in [-0.2, 0) is 19.2 Å². The van der Waals surface area contributed by atoms with E-state index in [1.807, 2.05) is 48.5 Å². The van der Waals surface area contributed by atoms with Crippen LogP contribution in [0.25, 0.3) is 0 Å². The molecule has 1 fully saturated rings. The van der Waals surface area contributed by atoms with Crippen molar-refractivity contribution < 1.29 is 29.0 Å². The van der Waals surface area contributed by atoms with E-state index in [1.165, 1.54) is 24.2 Å². The minimum atomic E-state index is -0.726.